The Morgan fingerprint density at radius 3 is 2.69 bits per heavy atom. The standard InChI is InChI=1S/C12H24N2O2/c1-5-16-10-8-9(12(10,2)3)14-7-6-11(15)13-4/h9-10,14H,5-8H2,1-4H3,(H,13,15). The van der Waals surface area contributed by atoms with Crippen LogP contribution in [0.15, 0.2) is 0 Å². The summed E-state index contributed by atoms with van der Waals surface area (Å²) in [7, 11) is 1.67. The summed E-state index contributed by atoms with van der Waals surface area (Å²) < 4.78 is 5.65. The number of carbonyl (C=O) groups excluding carboxylic acids is 1. The minimum atomic E-state index is 0.0889. The number of nitrogens with one attached hydrogen (secondary N) is 2. The number of hydrogen-bond donors (Lipinski definition) is 2. The molecule has 2 atom stereocenters. The van der Waals surface area contributed by atoms with Gasteiger partial charge < -0.3 is 15.4 Å². The third kappa shape index (κ3) is 2.95. The van der Waals surface area contributed by atoms with Crippen LogP contribution in [0, 0.1) is 5.41 Å². The van der Waals surface area contributed by atoms with Crippen molar-refractivity contribution in [1.82, 2.24) is 10.6 Å². The molecule has 16 heavy (non-hydrogen) atoms. The molecule has 1 aliphatic rings. The molecule has 1 saturated carbocycles. The summed E-state index contributed by atoms with van der Waals surface area (Å²) in [6, 6.07) is 0.466. The average Bonchev–Trinajstić information content (AvgIpc) is 2.26. The largest absolute Gasteiger partial charge is 0.378 e. The molecule has 0 aromatic heterocycles. The molecule has 1 aliphatic carbocycles. The summed E-state index contributed by atoms with van der Waals surface area (Å²) in [5.74, 6) is 0.0889. The van der Waals surface area contributed by atoms with E-state index in [1.807, 2.05) is 6.92 Å². The lowest BCUT2D eigenvalue weighted by Gasteiger charge is -2.52. The molecule has 0 bridgehead atoms. The molecule has 0 saturated heterocycles. The Kier molecular flexibility index (Phi) is 4.74. The van der Waals surface area contributed by atoms with E-state index in [0.717, 1.165) is 19.6 Å². The molecule has 0 heterocycles. The second kappa shape index (κ2) is 5.64. The van der Waals surface area contributed by atoms with Gasteiger partial charge in [-0.05, 0) is 13.3 Å². The van der Waals surface area contributed by atoms with Gasteiger partial charge in [0.1, 0.15) is 0 Å². The molecule has 0 aromatic rings. The van der Waals surface area contributed by atoms with Crippen molar-refractivity contribution >= 4 is 5.91 Å². The van der Waals surface area contributed by atoms with E-state index < -0.39 is 0 Å². The van der Waals surface area contributed by atoms with Crippen LogP contribution in [-0.2, 0) is 9.53 Å². The SMILES string of the molecule is CCOC1CC(NCCC(=O)NC)C1(C)C. The van der Waals surface area contributed by atoms with Crippen molar-refractivity contribution in [2.75, 3.05) is 20.2 Å². The predicted molar refractivity (Wildman–Crippen MR) is 64.3 cm³/mol. The highest BCUT2D eigenvalue weighted by molar-refractivity contribution is 5.75. The molecule has 2 unspecified atom stereocenters. The Morgan fingerprint density at radius 1 is 1.50 bits per heavy atom. The minimum Gasteiger partial charge on any atom is -0.378 e. The molecule has 0 radical (unpaired) electrons. The zero-order chi connectivity index (χ0) is 12.2. The van der Waals surface area contributed by atoms with E-state index >= 15 is 0 Å². The lowest BCUT2D eigenvalue weighted by atomic mass is 9.64. The third-order valence-electron chi connectivity index (χ3n) is 3.57. The number of rotatable bonds is 6. The highest BCUT2D eigenvalue weighted by Gasteiger charge is 2.48. The van der Waals surface area contributed by atoms with Gasteiger partial charge in [-0.25, -0.2) is 0 Å². The van der Waals surface area contributed by atoms with E-state index in [9.17, 15) is 4.79 Å². The van der Waals surface area contributed by atoms with Gasteiger partial charge in [0.05, 0.1) is 6.10 Å². The highest BCUT2D eigenvalue weighted by atomic mass is 16.5. The van der Waals surface area contributed by atoms with Crippen molar-refractivity contribution in [3.05, 3.63) is 0 Å². The van der Waals surface area contributed by atoms with Crippen LogP contribution < -0.4 is 10.6 Å². The van der Waals surface area contributed by atoms with Gasteiger partial charge in [-0.1, -0.05) is 13.8 Å². The quantitative estimate of drug-likeness (QED) is 0.710. The van der Waals surface area contributed by atoms with Crippen molar-refractivity contribution in [3.63, 3.8) is 0 Å². The third-order valence-corrected chi connectivity index (χ3v) is 3.57. The van der Waals surface area contributed by atoms with Crippen LogP contribution in [0.4, 0.5) is 0 Å². The van der Waals surface area contributed by atoms with Gasteiger partial charge in [0.25, 0.3) is 0 Å². The van der Waals surface area contributed by atoms with E-state index in [0.29, 0.717) is 18.6 Å². The Hall–Kier alpha value is -0.610. The van der Waals surface area contributed by atoms with Gasteiger partial charge >= 0.3 is 0 Å². The maximum atomic E-state index is 11.1. The first-order chi connectivity index (χ1) is 7.52. The van der Waals surface area contributed by atoms with Crippen LogP contribution in [0.25, 0.3) is 0 Å². The van der Waals surface area contributed by atoms with Crippen molar-refractivity contribution in [3.8, 4) is 0 Å². The minimum absolute atomic E-state index is 0.0889. The van der Waals surface area contributed by atoms with Crippen LogP contribution in [-0.4, -0.2) is 38.3 Å². The van der Waals surface area contributed by atoms with Crippen LogP contribution in [0.2, 0.25) is 0 Å². The molecule has 0 spiro atoms. The summed E-state index contributed by atoms with van der Waals surface area (Å²) in [5.41, 5.74) is 0.179. The zero-order valence-corrected chi connectivity index (χ0v) is 10.8. The Balaban J connectivity index is 2.23. The fourth-order valence-electron chi connectivity index (χ4n) is 2.20. The number of hydrogen-bond acceptors (Lipinski definition) is 3. The van der Waals surface area contributed by atoms with E-state index in [1.165, 1.54) is 0 Å². The summed E-state index contributed by atoms with van der Waals surface area (Å²) in [6.45, 7) is 7.98. The van der Waals surface area contributed by atoms with Crippen molar-refractivity contribution < 1.29 is 9.53 Å². The Labute approximate surface area is 98.1 Å². The van der Waals surface area contributed by atoms with Crippen LogP contribution >= 0.6 is 0 Å². The van der Waals surface area contributed by atoms with Gasteiger partial charge in [-0.2, -0.15) is 0 Å². The van der Waals surface area contributed by atoms with Crippen molar-refractivity contribution in [2.45, 2.75) is 45.8 Å². The van der Waals surface area contributed by atoms with E-state index in [4.69, 9.17) is 4.74 Å². The molecular formula is C12H24N2O2. The molecule has 0 aliphatic heterocycles. The van der Waals surface area contributed by atoms with Crippen LogP contribution in [0.1, 0.15) is 33.6 Å². The van der Waals surface area contributed by atoms with Crippen molar-refractivity contribution in [2.24, 2.45) is 5.41 Å². The Bertz CT molecular complexity index is 241. The molecule has 94 valence electrons. The molecule has 1 amide bonds. The average molecular weight is 228 g/mol. The monoisotopic (exact) mass is 228 g/mol. The topological polar surface area (TPSA) is 50.4 Å². The fourth-order valence-corrected chi connectivity index (χ4v) is 2.20. The normalized spacial score (nSPS) is 27.2. The second-order valence-corrected chi connectivity index (χ2v) is 4.93. The predicted octanol–water partition coefficient (Wildman–Crippen LogP) is 0.916. The maximum absolute atomic E-state index is 11.1. The second-order valence-electron chi connectivity index (χ2n) is 4.93. The van der Waals surface area contributed by atoms with Gasteiger partial charge in [0.15, 0.2) is 0 Å². The van der Waals surface area contributed by atoms with E-state index in [2.05, 4.69) is 24.5 Å². The lowest BCUT2D eigenvalue weighted by Crippen LogP contribution is -2.61. The molecule has 2 N–H and O–H groups in total. The van der Waals surface area contributed by atoms with Gasteiger partial charge in [-0.3, -0.25) is 4.79 Å². The number of carbonyl (C=O) groups is 1. The summed E-state index contributed by atoms with van der Waals surface area (Å²) in [4.78, 5) is 11.1. The smallest absolute Gasteiger partial charge is 0.221 e. The Morgan fingerprint density at radius 2 is 2.19 bits per heavy atom. The van der Waals surface area contributed by atoms with E-state index in [1.54, 1.807) is 7.05 Å². The summed E-state index contributed by atoms with van der Waals surface area (Å²) in [6.07, 6.45) is 1.95. The first-order valence-electron chi connectivity index (χ1n) is 6.08. The lowest BCUT2D eigenvalue weighted by molar-refractivity contribution is -0.122. The summed E-state index contributed by atoms with van der Waals surface area (Å²) >= 11 is 0. The molecule has 4 nitrogen and oxygen atoms in total. The van der Waals surface area contributed by atoms with Crippen LogP contribution in [0.3, 0.4) is 0 Å². The molecular weight excluding hydrogens is 204 g/mol. The van der Waals surface area contributed by atoms with Crippen molar-refractivity contribution in [1.29, 1.82) is 0 Å². The number of amides is 1. The van der Waals surface area contributed by atoms with Crippen LogP contribution in [0.5, 0.6) is 0 Å². The van der Waals surface area contributed by atoms with Gasteiger partial charge in [-0.15, -0.1) is 0 Å². The fraction of sp³-hybridized carbons (Fsp3) is 0.917. The van der Waals surface area contributed by atoms with Gasteiger partial charge in [0, 0.05) is 38.1 Å². The highest BCUT2D eigenvalue weighted by Crippen LogP contribution is 2.42. The summed E-state index contributed by atoms with van der Waals surface area (Å²) in [5, 5.41) is 6.04. The first kappa shape index (κ1) is 13.5. The maximum Gasteiger partial charge on any atom is 0.221 e. The number of ether oxygens (including phenoxy) is 1. The molecule has 1 fully saturated rings. The first-order valence-corrected chi connectivity index (χ1v) is 6.08. The molecule has 1 rings (SSSR count). The van der Waals surface area contributed by atoms with E-state index in [-0.39, 0.29) is 11.3 Å². The zero-order valence-electron chi connectivity index (χ0n) is 10.8. The van der Waals surface area contributed by atoms with Gasteiger partial charge in [0.2, 0.25) is 5.91 Å². The molecule has 0 aromatic carbocycles. The molecule has 4 heteroatoms.